The molecule has 1 N–H and O–H groups in total. The Kier molecular flexibility index (Phi) is 5.64. The zero-order valence-electron chi connectivity index (χ0n) is 15.3. The molecule has 0 saturated heterocycles. The molecule has 3 rings (SSSR count). The van der Waals surface area contributed by atoms with Crippen LogP contribution in [-0.2, 0) is 11.2 Å². The lowest BCUT2D eigenvalue weighted by molar-refractivity contribution is -0.385. The molecule has 0 aliphatic heterocycles. The van der Waals surface area contributed by atoms with Crippen molar-refractivity contribution < 1.29 is 19.2 Å². The minimum atomic E-state index is -0.436. The van der Waals surface area contributed by atoms with Crippen molar-refractivity contribution in [1.29, 1.82) is 0 Å². The van der Waals surface area contributed by atoms with Crippen LogP contribution in [0.25, 0.3) is 0 Å². The van der Waals surface area contributed by atoms with Gasteiger partial charge >= 0.3 is 0 Å². The van der Waals surface area contributed by atoms with Crippen LogP contribution in [0.3, 0.4) is 0 Å². The molecule has 142 valence electrons. The van der Waals surface area contributed by atoms with Crippen LogP contribution in [-0.4, -0.2) is 31.6 Å². The number of rotatable bonds is 8. The van der Waals surface area contributed by atoms with Crippen LogP contribution < -0.4 is 14.8 Å². The number of fused-ring (bicyclic) bond motifs is 2. The smallest absolute Gasteiger partial charge is 0.276 e. The highest BCUT2D eigenvalue weighted by Gasteiger charge is 2.40. The zero-order valence-corrected chi connectivity index (χ0v) is 15.3. The first-order chi connectivity index (χ1) is 12.5. The second-order valence-electron chi connectivity index (χ2n) is 7.33. The Hall–Kier alpha value is -2.31. The lowest BCUT2D eigenvalue weighted by atomic mass is 9.86. The van der Waals surface area contributed by atoms with Crippen molar-refractivity contribution in [2.45, 2.75) is 38.5 Å². The largest absolute Gasteiger partial charge is 0.493 e. The number of nitro groups is 1. The Bertz CT molecular complexity index is 691. The summed E-state index contributed by atoms with van der Waals surface area (Å²) in [4.78, 5) is 23.1. The third kappa shape index (κ3) is 3.92. The van der Waals surface area contributed by atoms with Crippen LogP contribution in [0.2, 0.25) is 0 Å². The normalized spacial score (nSPS) is 23.7. The molecule has 1 aromatic carbocycles. The van der Waals surface area contributed by atoms with Gasteiger partial charge in [0.05, 0.1) is 25.2 Å². The number of nitrogens with one attached hydrogen (secondary N) is 1. The number of carbonyl (C=O) groups excluding carboxylic acids is 1. The van der Waals surface area contributed by atoms with Crippen LogP contribution in [0.5, 0.6) is 11.5 Å². The van der Waals surface area contributed by atoms with Crippen molar-refractivity contribution in [1.82, 2.24) is 5.32 Å². The Morgan fingerprint density at radius 3 is 2.54 bits per heavy atom. The molecule has 2 bridgehead atoms. The maximum Gasteiger partial charge on any atom is 0.276 e. The van der Waals surface area contributed by atoms with Crippen molar-refractivity contribution in [2.24, 2.45) is 17.8 Å². The summed E-state index contributed by atoms with van der Waals surface area (Å²) < 4.78 is 10.3. The van der Waals surface area contributed by atoms with Crippen LogP contribution in [0, 0.1) is 27.9 Å². The summed E-state index contributed by atoms with van der Waals surface area (Å²) in [5, 5.41) is 14.2. The second-order valence-corrected chi connectivity index (χ2v) is 7.33. The SMILES string of the molecule is COc1cc(CCNC(=O)CC2CC3CCC2C3)c([N+](=O)[O-])cc1OC. The van der Waals surface area contributed by atoms with E-state index in [0.29, 0.717) is 42.4 Å². The average molecular weight is 362 g/mol. The molecule has 7 heteroatoms. The molecule has 1 aromatic rings. The van der Waals surface area contributed by atoms with Gasteiger partial charge in [0.1, 0.15) is 0 Å². The molecule has 0 spiro atoms. The molecular weight excluding hydrogens is 336 g/mol. The molecule has 2 saturated carbocycles. The summed E-state index contributed by atoms with van der Waals surface area (Å²) in [6, 6.07) is 2.98. The summed E-state index contributed by atoms with van der Waals surface area (Å²) in [7, 11) is 2.93. The molecule has 2 fully saturated rings. The van der Waals surface area contributed by atoms with E-state index in [9.17, 15) is 14.9 Å². The summed E-state index contributed by atoms with van der Waals surface area (Å²) in [5.41, 5.74) is 0.498. The maximum absolute atomic E-state index is 12.2. The van der Waals surface area contributed by atoms with E-state index in [2.05, 4.69) is 5.32 Å². The molecule has 7 nitrogen and oxygen atoms in total. The molecule has 0 aromatic heterocycles. The van der Waals surface area contributed by atoms with Crippen molar-refractivity contribution in [3.05, 3.63) is 27.8 Å². The highest BCUT2D eigenvalue weighted by molar-refractivity contribution is 5.76. The molecule has 2 aliphatic rings. The van der Waals surface area contributed by atoms with Crippen LogP contribution in [0.1, 0.15) is 37.7 Å². The molecule has 3 unspecified atom stereocenters. The molecule has 1 amide bonds. The van der Waals surface area contributed by atoms with Gasteiger partial charge in [-0.1, -0.05) is 6.42 Å². The Morgan fingerprint density at radius 2 is 1.96 bits per heavy atom. The minimum Gasteiger partial charge on any atom is -0.493 e. The van der Waals surface area contributed by atoms with E-state index in [0.717, 1.165) is 11.8 Å². The summed E-state index contributed by atoms with van der Waals surface area (Å²) in [6.45, 7) is 0.371. The minimum absolute atomic E-state index is 0.0231. The fraction of sp³-hybridized carbons (Fsp3) is 0.632. The molecule has 3 atom stereocenters. The first-order valence-corrected chi connectivity index (χ1v) is 9.17. The fourth-order valence-electron chi connectivity index (χ4n) is 4.55. The van der Waals surface area contributed by atoms with E-state index < -0.39 is 4.92 Å². The van der Waals surface area contributed by atoms with Crippen LogP contribution in [0.15, 0.2) is 12.1 Å². The molecule has 2 aliphatic carbocycles. The van der Waals surface area contributed by atoms with Gasteiger partial charge in [0.2, 0.25) is 5.91 Å². The van der Waals surface area contributed by atoms with Crippen molar-refractivity contribution in [3.63, 3.8) is 0 Å². The Morgan fingerprint density at radius 1 is 1.23 bits per heavy atom. The Balaban J connectivity index is 1.56. The first-order valence-electron chi connectivity index (χ1n) is 9.17. The van der Waals surface area contributed by atoms with E-state index in [1.807, 2.05) is 0 Å². The van der Waals surface area contributed by atoms with Crippen molar-refractivity contribution >= 4 is 11.6 Å². The predicted molar refractivity (Wildman–Crippen MR) is 96.5 cm³/mol. The third-order valence-electron chi connectivity index (χ3n) is 5.83. The third-order valence-corrected chi connectivity index (χ3v) is 5.83. The van der Waals surface area contributed by atoms with Gasteiger partial charge in [-0.15, -0.1) is 0 Å². The molecule has 26 heavy (non-hydrogen) atoms. The highest BCUT2D eigenvalue weighted by atomic mass is 16.6. The van der Waals surface area contributed by atoms with Gasteiger partial charge in [0.25, 0.3) is 5.69 Å². The number of amides is 1. The number of hydrogen-bond donors (Lipinski definition) is 1. The number of hydrogen-bond acceptors (Lipinski definition) is 5. The number of benzene rings is 1. The summed E-state index contributed by atoms with van der Waals surface area (Å²) in [6.07, 6.45) is 6.01. The van der Waals surface area contributed by atoms with E-state index >= 15 is 0 Å². The quantitative estimate of drug-likeness (QED) is 0.567. The summed E-state index contributed by atoms with van der Waals surface area (Å²) in [5.74, 6) is 2.88. The summed E-state index contributed by atoms with van der Waals surface area (Å²) >= 11 is 0. The highest BCUT2D eigenvalue weighted by Crippen LogP contribution is 2.49. The van der Waals surface area contributed by atoms with E-state index in [-0.39, 0.29) is 11.6 Å². The predicted octanol–water partition coefficient (Wildman–Crippen LogP) is 3.10. The number of carbonyl (C=O) groups is 1. The average Bonchev–Trinajstić information content (AvgIpc) is 3.23. The standard InChI is InChI=1S/C19H26N2O5/c1-25-17-9-14(16(21(23)24)11-18(17)26-2)5-6-20-19(22)10-15-8-12-3-4-13(15)7-12/h9,11-13,15H,3-8,10H2,1-2H3,(H,20,22). The number of nitrogens with zero attached hydrogens (tertiary/aromatic N) is 1. The number of ether oxygens (including phenoxy) is 2. The van der Waals surface area contributed by atoms with E-state index in [4.69, 9.17) is 9.47 Å². The van der Waals surface area contributed by atoms with E-state index in [1.165, 1.54) is 46.0 Å². The van der Waals surface area contributed by atoms with Gasteiger partial charge in [-0.3, -0.25) is 14.9 Å². The lowest BCUT2D eigenvalue weighted by Crippen LogP contribution is -2.29. The van der Waals surface area contributed by atoms with Crippen LogP contribution >= 0.6 is 0 Å². The van der Waals surface area contributed by atoms with Crippen molar-refractivity contribution in [3.8, 4) is 11.5 Å². The van der Waals surface area contributed by atoms with Crippen molar-refractivity contribution in [2.75, 3.05) is 20.8 Å². The maximum atomic E-state index is 12.2. The van der Waals surface area contributed by atoms with Gasteiger partial charge in [0, 0.05) is 18.5 Å². The molecular formula is C19H26N2O5. The van der Waals surface area contributed by atoms with Crippen LogP contribution in [0.4, 0.5) is 5.69 Å². The van der Waals surface area contributed by atoms with Gasteiger partial charge < -0.3 is 14.8 Å². The second kappa shape index (κ2) is 7.93. The molecule has 0 heterocycles. The number of methoxy groups -OCH3 is 2. The topological polar surface area (TPSA) is 90.7 Å². The fourth-order valence-corrected chi connectivity index (χ4v) is 4.55. The molecule has 0 radical (unpaired) electrons. The Labute approximate surface area is 153 Å². The number of nitro benzene ring substituents is 1. The van der Waals surface area contributed by atoms with Gasteiger partial charge in [-0.2, -0.15) is 0 Å². The zero-order chi connectivity index (χ0) is 18.7. The van der Waals surface area contributed by atoms with Gasteiger partial charge in [0.15, 0.2) is 11.5 Å². The van der Waals surface area contributed by atoms with E-state index in [1.54, 1.807) is 6.07 Å². The lowest BCUT2D eigenvalue weighted by Gasteiger charge is -2.20. The van der Waals surface area contributed by atoms with Gasteiger partial charge in [-0.25, -0.2) is 0 Å². The first kappa shape index (κ1) is 18.5. The van der Waals surface area contributed by atoms with Gasteiger partial charge in [-0.05, 0) is 49.5 Å². The monoisotopic (exact) mass is 362 g/mol.